The lowest BCUT2D eigenvalue weighted by atomic mass is 10.1. The fraction of sp³-hybridized carbons (Fsp3) is 0.467. The summed E-state index contributed by atoms with van der Waals surface area (Å²) in [6, 6.07) is 13.0. The number of hydrogen-bond donors (Lipinski definition) is 0. The molecule has 2 heterocycles. The number of amides is 1. The van der Waals surface area contributed by atoms with Gasteiger partial charge in [0.05, 0.1) is 18.7 Å². The molecule has 1 aliphatic heterocycles. The minimum Gasteiger partial charge on any atom is -0.490 e. The number of carbonyl (C=O) groups excluding carboxylic acids is 2. The molecular weight excluding hydrogens is 482 g/mol. The summed E-state index contributed by atoms with van der Waals surface area (Å²) >= 11 is 0. The van der Waals surface area contributed by atoms with E-state index < -0.39 is 5.97 Å². The van der Waals surface area contributed by atoms with E-state index in [4.69, 9.17) is 14.3 Å². The van der Waals surface area contributed by atoms with Crippen LogP contribution in [-0.4, -0.2) is 60.4 Å². The zero-order valence-electron chi connectivity index (χ0n) is 22.6. The van der Waals surface area contributed by atoms with E-state index in [1.807, 2.05) is 54.3 Å². The summed E-state index contributed by atoms with van der Waals surface area (Å²) in [7, 11) is 0. The second-order valence-electron chi connectivity index (χ2n) is 9.21. The topological polar surface area (TPSA) is 90.3 Å². The molecule has 0 N–H and O–H groups in total. The van der Waals surface area contributed by atoms with Gasteiger partial charge < -0.3 is 19.2 Å². The number of hydrogen-bond acceptors (Lipinski definition) is 7. The van der Waals surface area contributed by atoms with Crippen LogP contribution < -0.4 is 4.74 Å². The van der Waals surface area contributed by atoms with Crippen molar-refractivity contribution in [2.45, 2.75) is 58.8 Å². The van der Waals surface area contributed by atoms with Crippen LogP contribution in [0.4, 0.5) is 0 Å². The number of carbonyl (C=O) groups is 2. The summed E-state index contributed by atoms with van der Waals surface area (Å²) < 4.78 is 11.0. The number of nitrogens with zero attached hydrogens (tertiary/aromatic N) is 3. The van der Waals surface area contributed by atoms with E-state index in [0.29, 0.717) is 23.6 Å². The van der Waals surface area contributed by atoms with E-state index in [0.717, 1.165) is 50.0 Å². The predicted molar refractivity (Wildman–Crippen MR) is 148 cm³/mol. The van der Waals surface area contributed by atoms with Gasteiger partial charge in [0.25, 0.3) is 0 Å². The highest BCUT2D eigenvalue weighted by Crippen LogP contribution is 2.19. The molecule has 0 saturated carbocycles. The van der Waals surface area contributed by atoms with Gasteiger partial charge >= 0.3 is 5.97 Å². The molecule has 204 valence electrons. The Morgan fingerprint density at radius 1 is 0.974 bits per heavy atom. The van der Waals surface area contributed by atoms with Gasteiger partial charge in [-0.15, -0.1) is 0 Å². The number of aromatic nitrogens is 1. The quantitative estimate of drug-likeness (QED) is 0.129. The van der Waals surface area contributed by atoms with Gasteiger partial charge in [-0.2, -0.15) is 0 Å². The SMILES string of the molecule is CCOC(=O)/C(=C/c1ccc(OCCON=C(C)c2ccccn2)cc1)CC(=O)N1CCCCCCCC1. The minimum absolute atomic E-state index is 0.0212. The van der Waals surface area contributed by atoms with E-state index in [1.165, 1.54) is 12.8 Å². The molecule has 0 spiro atoms. The van der Waals surface area contributed by atoms with Crippen molar-refractivity contribution >= 4 is 23.7 Å². The van der Waals surface area contributed by atoms with Crippen molar-refractivity contribution in [3.8, 4) is 5.75 Å². The molecule has 3 rings (SSSR count). The van der Waals surface area contributed by atoms with Crippen LogP contribution in [-0.2, 0) is 19.2 Å². The molecule has 0 atom stereocenters. The highest BCUT2D eigenvalue weighted by molar-refractivity contribution is 5.99. The zero-order valence-corrected chi connectivity index (χ0v) is 22.6. The van der Waals surface area contributed by atoms with Gasteiger partial charge in [0.15, 0.2) is 6.61 Å². The smallest absolute Gasteiger partial charge is 0.334 e. The van der Waals surface area contributed by atoms with Crippen molar-refractivity contribution in [3.05, 3.63) is 65.5 Å². The minimum atomic E-state index is -0.454. The largest absolute Gasteiger partial charge is 0.490 e. The third kappa shape index (κ3) is 10.00. The Bertz CT molecular complexity index is 1060. The van der Waals surface area contributed by atoms with Crippen molar-refractivity contribution in [1.82, 2.24) is 9.88 Å². The number of benzene rings is 1. The van der Waals surface area contributed by atoms with Crippen molar-refractivity contribution in [3.63, 3.8) is 0 Å². The van der Waals surface area contributed by atoms with Crippen LogP contribution in [0.1, 0.15) is 70.1 Å². The first-order valence-electron chi connectivity index (χ1n) is 13.5. The molecule has 8 nitrogen and oxygen atoms in total. The standard InChI is InChI=1S/C30H39N3O5/c1-3-36-30(35)26(23-29(34)33-18-10-6-4-5-7-11-19-33)22-25-13-15-27(16-14-25)37-20-21-38-32-24(2)28-12-8-9-17-31-28/h8-9,12-17,22H,3-7,10-11,18-21,23H2,1-2H3/b26-22+,32-24?. The average molecular weight is 522 g/mol. The maximum atomic E-state index is 13.1. The van der Waals surface area contributed by atoms with E-state index >= 15 is 0 Å². The molecule has 0 radical (unpaired) electrons. The number of pyridine rings is 1. The Kier molecular flexibility index (Phi) is 12.3. The Morgan fingerprint density at radius 2 is 1.68 bits per heavy atom. The number of esters is 1. The molecule has 0 bridgehead atoms. The second kappa shape index (κ2) is 16.2. The van der Waals surface area contributed by atoms with Crippen LogP contribution in [0.2, 0.25) is 0 Å². The zero-order chi connectivity index (χ0) is 27.0. The van der Waals surface area contributed by atoms with Gasteiger partial charge in [-0.3, -0.25) is 9.78 Å². The first-order chi connectivity index (χ1) is 18.6. The lowest BCUT2D eigenvalue weighted by Crippen LogP contribution is -2.33. The van der Waals surface area contributed by atoms with Gasteiger partial charge in [-0.05, 0) is 62.6 Å². The molecule has 38 heavy (non-hydrogen) atoms. The third-order valence-corrected chi connectivity index (χ3v) is 6.24. The Hall–Kier alpha value is -3.68. The number of oxime groups is 1. The lowest BCUT2D eigenvalue weighted by Gasteiger charge is -2.22. The van der Waals surface area contributed by atoms with Crippen molar-refractivity contribution in [2.75, 3.05) is 32.9 Å². The average Bonchev–Trinajstić information content (AvgIpc) is 3.08. The number of rotatable bonds is 11. The van der Waals surface area contributed by atoms with Gasteiger partial charge in [0.1, 0.15) is 18.1 Å². The van der Waals surface area contributed by atoms with E-state index in [2.05, 4.69) is 10.1 Å². The van der Waals surface area contributed by atoms with Crippen LogP contribution in [0.3, 0.4) is 0 Å². The maximum Gasteiger partial charge on any atom is 0.334 e. The summed E-state index contributed by atoms with van der Waals surface area (Å²) in [6.07, 6.45) is 10.2. The Labute approximate surface area is 225 Å². The molecular formula is C30H39N3O5. The molecule has 1 aliphatic rings. The fourth-order valence-corrected chi connectivity index (χ4v) is 4.18. The molecule has 2 aromatic rings. The Morgan fingerprint density at radius 3 is 2.34 bits per heavy atom. The normalized spacial score (nSPS) is 15.2. The summed E-state index contributed by atoms with van der Waals surface area (Å²) in [5.41, 5.74) is 2.61. The van der Waals surface area contributed by atoms with E-state index in [9.17, 15) is 9.59 Å². The van der Waals surface area contributed by atoms with Crippen LogP contribution in [0, 0.1) is 0 Å². The molecule has 1 amide bonds. The van der Waals surface area contributed by atoms with Gasteiger partial charge in [0.2, 0.25) is 5.91 Å². The molecule has 8 heteroatoms. The second-order valence-corrected chi connectivity index (χ2v) is 9.21. The predicted octanol–water partition coefficient (Wildman–Crippen LogP) is 5.42. The molecule has 1 fully saturated rings. The molecule has 1 saturated heterocycles. The summed E-state index contributed by atoms with van der Waals surface area (Å²) in [5.74, 6) is 0.192. The monoisotopic (exact) mass is 521 g/mol. The third-order valence-electron chi connectivity index (χ3n) is 6.24. The maximum absolute atomic E-state index is 13.1. The summed E-state index contributed by atoms with van der Waals surface area (Å²) in [6.45, 7) is 5.97. The first-order valence-corrected chi connectivity index (χ1v) is 13.5. The molecule has 1 aromatic carbocycles. The van der Waals surface area contributed by atoms with Crippen molar-refractivity contribution in [1.29, 1.82) is 0 Å². The first kappa shape index (κ1) is 28.9. The molecule has 0 unspecified atom stereocenters. The van der Waals surface area contributed by atoms with Crippen molar-refractivity contribution in [2.24, 2.45) is 5.16 Å². The fourth-order valence-electron chi connectivity index (χ4n) is 4.18. The Balaban J connectivity index is 1.55. The van der Waals surface area contributed by atoms with Crippen molar-refractivity contribution < 1.29 is 23.9 Å². The van der Waals surface area contributed by atoms with E-state index in [-0.39, 0.29) is 25.5 Å². The van der Waals surface area contributed by atoms with Crippen LogP contribution in [0.15, 0.2) is 59.4 Å². The van der Waals surface area contributed by atoms with Gasteiger partial charge in [0, 0.05) is 24.9 Å². The number of ether oxygens (including phenoxy) is 2. The summed E-state index contributed by atoms with van der Waals surface area (Å²) in [5, 5.41) is 4.07. The lowest BCUT2D eigenvalue weighted by molar-refractivity contribution is -0.140. The van der Waals surface area contributed by atoms with Gasteiger partial charge in [-0.1, -0.05) is 49.0 Å². The molecule has 0 aliphatic carbocycles. The van der Waals surface area contributed by atoms with Crippen LogP contribution >= 0.6 is 0 Å². The molecule has 1 aromatic heterocycles. The van der Waals surface area contributed by atoms with Crippen LogP contribution in [0.25, 0.3) is 6.08 Å². The highest BCUT2D eigenvalue weighted by atomic mass is 16.6. The van der Waals surface area contributed by atoms with E-state index in [1.54, 1.807) is 19.2 Å². The van der Waals surface area contributed by atoms with Crippen LogP contribution in [0.5, 0.6) is 5.75 Å². The summed E-state index contributed by atoms with van der Waals surface area (Å²) in [4.78, 5) is 37.2. The van der Waals surface area contributed by atoms with Gasteiger partial charge in [-0.25, -0.2) is 4.79 Å². The highest BCUT2D eigenvalue weighted by Gasteiger charge is 2.20.